The molecule has 1 fully saturated rings. The largest absolute Gasteiger partial charge is 0.0819 e. The highest BCUT2D eigenvalue weighted by Crippen LogP contribution is 2.62. The van der Waals surface area contributed by atoms with Crippen molar-refractivity contribution in [1.82, 2.24) is 0 Å². The lowest BCUT2D eigenvalue weighted by molar-refractivity contribution is 0.143. The van der Waals surface area contributed by atoms with Gasteiger partial charge in [0.15, 0.2) is 0 Å². The third kappa shape index (κ3) is 2.52. The number of hydrogen-bond acceptors (Lipinski definition) is 0. The van der Waals surface area contributed by atoms with E-state index in [-0.39, 0.29) is 29.7 Å². The fraction of sp³-hybridized carbons (Fsp3) is 0.875. The van der Waals surface area contributed by atoms with Gasteiger partial charge in [-0.3, -0.25) is 0 Å². The van der Waals surface area contributed by atoms with Crippen molar-refractivity contribution in [2.24, 2.45) is 16.7 Å². The maximum Gasteiger partial charge on any atom is -0.00365 e. The lowest BCUT2D eigenvalue weighted by atomic mass is 9.63. The van der Waals surface area contributed by atoms with Gasteiger partial charge in [0.25, 0.3) is 0 Å². The van der Waals surface area contributed by atoms with Gasteiger partial charge in [0.2, 0.25) is 0 Å². The average Bonchev–Trinajstić information content (AvgIpc) is 2.41. The maximum absolute atomic E-state index is 2.52. The van der Waals surface area contributed by atoms with Crippen LogP contribution in [0.25, 0.3) is 0 Å². The molecule has 0 spiro atoms. The summed E-state index contributed by atoms with van der Waals surface area (Å²) in [5.74, 6) is 0.921. The van der Waals surface area contributed by atoms with E-state index in [9.17, 15) is 0 Å². The molecule has 100 valence electrons. The molecule has 2 atom stereocenters. The summed E-state index contributed by atoms with van der Waals surface area (Å²) in [7, 11) is 0. The highest BCUT2D eigenvalue weighted by Gasteiger charge is 2.51. The van der Waals surface area contributed by atoms with Crippen molar-refractivity contribution in [1.29, 1.82) is 0 Å². The molecule has 0 aromatic rings. The fourth-order valence-corrected chi connectivity index (χ4v) is 3.37. The van der Waals surface area contributed by atoms with Gasteiger partial charge in [0.1, 0.15) is 0 Å². The van der Waals surface area contributed by atoms with Gasteiger partial charge < -0.3 is 0 Å². The number of fused-ring (bicyclic) bond motifs is 2. The molecule has 0 saturated heterocycles. The SMILES string of the molecule is C.C.C.C.CC1=CC2CCC1(C(C)(C)C)C2. The van der Waals surface area contributed by atoms with Gasteiger partial charge in [-0.05, 0) is 42.9 Å². The highest BCUT2D eigenvalue weighted by molar-refractivity contribution is 5.27. The Hall–Kier alpha value is -0.260. The van der Waals surface area contributed by atoms with E-state index in [1.807, 2.05) is 0 Å². The molecule has 1 saturated carbocycles. The van der Waals surface area contributed by atoms with E-state index in [2.05, 4.69) is 33.8 Å². The molecule has 0 heterocycles. The van der Waals surface area contributed by atoms with Crippen molar-refractivity contribution in [2.45, 2.75) is 76.7 Å². The molecule has 0 aromatic heterocycles. The minimum absolute atomic E-state index is 0. The Morgan fingerprint density at radius 1 is 1.12 bits per heavy atom. The molecule has 0 aromatic carbocycles. The monoisotopic (exact) mass is 228 g/mol. The Morgan fingerprint density at radius 2 is 1.62 bits per heavy atom. The highest BCUT2D eigenvalue weighted by atomic mass is 14.6. The van der Waals surface area contributed by atoms with Crippen molar-refractivity contribution >= 4 is 0 Å². The summed E-state index contributed by atoms with van der Waals surface area (Å²) in [4.78, 5) is 0. The number of rotatable bonds is 0. The standard InChI is InChI=1S/C12H20.4CH4/c1-9-7-10-5-6-12(9,8-10)11(2,3)4;;;;/h7,10H,5-6,8H2,1-4H3;4*1H4. The van der Waals surface area contributed by atoms with Crippen LogP contribution in [0.5, 0.6) is 0 Å². The molecule has 2 unspecified atom stereocenters. The zero-order chi connectivity index (χ0) is 8.98. The molecule has 0 N–H and O–H groups in total. The van der Waals surface area contributed by atoms with Crippen LogP contribution in [0.1, 0.15) is 76.7 Å². The first kappa shape index (κ1) is 21.1. The first-order valence-electron chi connectivity index (χ1n) is 5.15. The molecule has 2 bridgehead atoms. The number of allylic oxidation sites excluding steroid dienone is 2. The van der Waals surface area contributed by atoms with Gasteiger partial charge in [-0.1, -0.05) is 62.1 Å². The van der Waals surface area contributed by atoms with Gasteiger partial charge in [0, 0.05) is 0 Å². The molecule has 2 aliphatic rings. The van der Waals surface area contributed by atoms with Crippen molar-refractivity contribution in [3.63, 3.8) is 0 Å². The van der Waals surface area contributed by atoms with Crippen molar-refractivity contribution < 1.29 is 0 Å². The van der Waals surface area contributed by atoms with E-state index in [4.69, 9.17) is 0 Å². The minimum atomic E-state index is 0. The fourth-order valence-electron chi connectivity index (χ4n) is 3.37. The van der Waals surface area contributed by atoms with Crippen molar-refractivity contribution in [3.05, 3.63) is 11.6 Å². The second kappa shape index (κ2) is 5.89. The lowest BCUT2D eigenvalue weighted by Gasteiger charge is -2.42. The van der Waals surface area contributed by atoms with Crippen LogP contribution in [-0.2, 0) is 0 Å². The Balaban J connectivity index is -0.000000422. The van der Waals surface area contributed by atoms with Gasteiger partial charge >= 0.3 is 0 Å². The molecular weight excluding hydrogens is 192 g/mol. The topological polar surface area (TPSA) is 0 Å². The van der Waals surface area contributed by atoms with Gasteiger partial charge in [-0.25, -0.2) is 0 Å². The summed E-state index contributed by atoms with van der Waals surface area (Å²) in [6, 6.07) is 0. The summed E-state index contributed by atoms with van der Waals surface area (Å²) in [5.41, 5.74) is 2.71. The van der Waals surface area contributed by atoms with E-state index in [1.165, 1.54) is 19.3 Å². The molecule has 16 heavy (non-hydrogen) atoms. The molecule has 2 aliphatic carbocycles. The molecule has 2 rings (SSSR count). The Bertz CT molecular complexity index is 229. The van der Waals surface area contributed by atoms with Crippen LogP contribution in [-0.4, -0.2) is 0 Å². The van der Waals surface area contributed by atoms with E-state index in [0.29, 0.717) is 10.8 Å². The molecular formula is C16H36. The summed E-state index contributed by atoms with van der Waals surface area (Å²) in [5, 5.41) is 0. The van der Waals surface area contributed by atoms with Crippen LogP contribution in [0, 0.1) is 16.7 Å². The van der Waals surface area contributed by atoms with E-state index in [0.717, 1.165) is 5.92 Å². The second-order valence-corrected chi connectivity index (χ2v) is 5.68. The molecule has 0 nitrogen and oxygen atoms in total. The summed E-state index contributed by atoms with van der Waals surface area (Å²) in [6.45, 7) is 9.54. The molecule has 0 amide bonds. The quantitative estimate of drug-likeness (QED) is 0.425. The molecule has 0 heteroatoms. The average molecular weight is 228 g/mol. The Kier molecular flexibility index (Phi) is 7.75. The van der Waals surface area contributed by atoms with E-state index in [1.54, 1.807) is 5.57 Å². The van der Waals surface area contributed by atoms with Crippen LogP contribution in [0.3, 0.4) is 0 Å². The third-order valence-corrected chi connectivity index (χ3v) is 4.23. The van der Waals surface area contributed by atoms with E-state index < -0.39 is 0 Å². The Morgan fingerprint density at radius 3 is 1.81 bits per heavy atom. The Labute approximate surface area is 106 Å². The smallest absolute Gasteiger partial charge is 0.00365 e. The summed E-state index contributed by atoms with van der Waals surface area (Å²) in [6.07, 6.45) is 6.83. The molecule has 0 aliphatic heterocycles. The van der Waals surface area contributed by atoms with Crippen LogP contribution < -0.4 is 0 Å². The summed E-state index contributed by atoms with van der Waals surface area (Å²) >= 11 is 0. The number of hydrogen-bond donors (Lipinski definition) is 0. The van der Waals surface area contributed by atoms with E-state index >= 15 is 0 Å². The normalized spacial score (nSPS) is 30.2. The minimum Gasteiger partial charge on any atom is -0.0819 e. The van der Waals surface area contributed by atoms with Crippen LogP contribution in [0.4, 0.5) is 0 Å². The van der Waals surface area contributed by atoms with Crippen LogP contribution in [0.2, 0.25) is 0 Å². The summed E-state index contributed by atoms with van der Waals surface area (Å²) < 4.78 is 0. The lowest BCUT2D eigenvalue weighted by Crippen LogP contribution is -2.32. The van der Waals surface area contributed by atoms with Crippen LogP contribution in [0.15, 0.2) is 11.6 Å². The second-order valence-electron chi connectivity index (χ2n) is 5.68. The molecule has 0 radical (unpaired) electrons. The van der Waals surface area contributed by atoms with Crippen LogP contribution >= 0.6 is 0 Å². The predicted molar refractivity (Wildman–Crippen MR) is 79.9 cm³/mol. The maximum atomic E-state index is 2.52. The first-order valence-corrected chi connectivity index (χ1v) is 5.15. The first-order chi connectivity index (χ1) is 5.46. The third-order valence-electron chi connectivity index (χ3n) is 4.23. The predicted octanol–water partition coefficient (Wildman–Crippen LogP) is 6.32. The zero-order valence-electron chi connectivity index (χ0n) is 8.78. The van der Waals surface area contributed by atoms with Crippen molar-refractivity contribution in [2.75, 3.05) is 0 Å². The van der Waals surface area contributed by atoms with Gasteiger partial charge in [0.05, 0.1) is 0 Å². The van der Waals surface area contributed by atoms with Gasteiger partial charge in [-0.15, -0.1) is 0 Å². The zero-order valence-corrected chi connectivity index (χ0v) is 8.78. The van der Waals surface area contributed by atoms with Crippen molar-refractivity contribution in [3.8, 4) is 0 Å². The van der Waals surface area contributed by atoms with Gasteiger partial charge in [-0.2, -0.15) is 0 Å².